The van der Waals surface area contributed by atoms with Crippen molar-refractivity contribution >= 4 is 16.6 Å². The fourth-order valence-electron chi connectivity index (χ4n) is 3.18. The number of rotatable bonds is 4. The maximum atomic E-state index is 6.17. The van der Waals surface area contributed by atoms with Gasteiger partial charge in [-0.1, -0.05) is 66.7 Å². The van der Waals surface area contributed by atoms with E-state index in [0.29, 0.717) is 6.61 Å². The van der Waals surface area contributed by atoms with Gasteiger partial charge in [0.15, 0.2) is 0 Å². The Labute approximate surface area is 159 Å². The number of ether oxygens (including phenoxy) is 1. The molecule has 0 bridgehead atoms. The summed E-state index contributed by atoms with van der Waals surface area (Å²) in [6, 6.07) is 28.4. The fraction of sp³-hybridized carbons (Fsp3) is 0.125. The van der Waals surface area contributed by atoms with Crippen LogP contribution < -0.4 is 5.73 Å². The van der Waals surface area contributed by atoms with Crippen molar-refractivity contribution in [3.8, 4) is 11.1 Å². The summed E-state index contributed by atoms with van der Waals surface area (Å²) in [6.07, 6.45) is -0.192. The Balaban J connectivity index is 0.000000250. The van der Waals surface area contributed by atoms with Gasteiger partial charge in [-0.15, -0.1) is 0 Å². The second-order valence-corrected chi connectivity index (χ2v) is 6.48. The molecule has 3 aromatic rings. The Hall–Kier alpha value is -3.17. The summed E-state index contributed by atoms with van der Waals surface area (Å²) in [5.41, 5.74) is 12.6. The van der Waals surface area contributed by atoms with Crippen molar-refractivity contribution in [2.75, 3.05) is 12.3 Å². The van der Waals surface area contributed by atoms with Gasteiger partial charge < -0.3 is 10.5 Å². The smallest absolute Gasteiger partial charge is 0.125 e. The number of pyridine rings is 1. The molecule has 3 nitrogen and oxygen atoms in total. The molecule has 27 heavy (non-hydrogen) atoms. The third-order valence-electron chi connectivity index (χ3n) is 4.58. The van der Waals surface area contributed by atoms with Crippen molar-refractivity contribution in [2.24, 2.45) is 0 Å². The third kappa shape index (κ3) is 3.83. The molecule has 1 unspecified atom stereocenters. The first kappa shape index (κ1) is 17.3. The van der Waals surface area contributed by atoms with Crippen molar-refractivity contribution in [3.63, 3.8) is 0 Å². The van der Waals surface area contributed by atoms with Crippen molar-refractivity contribution < 1.29 is 4.74 Å². The van der Waals surface area contributed by atoms with Crippen molar-refractivity contribution in [3.05, 3.63) is 96.2 Å². The van der Waals surface area contributed by atoms with Crippen LogP contribution in [0.5, 0.6) is 0 Å². The van der Waals surface area contributed by atoms with E-state index in [1.807, 2.05) is 67.6 Å². The number of hydrogen-bond acceptors (Lipinski definition) is 3. The standard InChI is InChI=1S/C18H18N2O.C6H4/c1-2-21-18(13-8-4-3-5-9-13)17-12-15(19)14-10-6-7-11-16(14)20-17;1-2-5-4-6(5)3-1/h3-12,18H,2H2,1H3,(H2,19,20);1-4H. The van der Waals surface area contributed by atoms with Crippen molar-refractivity contribution in [2.45, 2.75) is 13.0 Å². The van der Waals surface area contributed by atoms with E-state index in [4.69, 9.17) is 15.5 Å². The van der Waals surface area contributed by atoms with Gasteiger partial charge in [0.05, 0.1) is 11.2 Å². The minimum absolute atomic E-state index is 0.192. The molecular formula is C24H22N2O. The first-order valence-electron chi connectivity index (χ1n) is 9.18. The molecule has 0 saturated heterocycles. The SMILES string of the molecule is CCOC(c1ccccc1)c1cc(N)c2ccccc2n1.c1cc2cc-2c1. The van der Waals surface area contributed by atoms with E-state index in [-0.39, 0.29) is 6.10 Å². The minimum Gasteiger partial charge on any atom is -0.398 e. The first-order chi connectivity index (χ1) is 13.3. The molecule has 5 rings (SSSR count). The zero-order valence-corrected chi connectivity index (χ0v) is 15.3. The molecule has 2 aromatic carbocycles. The van der Waals surface area contributed by atoms with E-state index in [0.717, 1.165) is 27.8 Å². The molecule has 3 heteroatoms. The van der Waals surface area contributed by atoms with E-state index in [9.17, 15) is 0 Å². The van der Waals surface area contributed by atoms with Gasteiger partial charge in [-0.05, 0) is 41.8 Å². The summed E-state index contributed by atoms with van der Waals surface area (Å²) < 4.78 is 5.90. The summed E-state index contributed by atoms with van der Waals surface area (Å²) in [7, 11) is 0. The van der Waals surface area contributed by atoms with Gasteiger partial charge in [0.25, 0.3) is 0 Å². The highest BCUT2D eigenvalue weighted by molar-refractivity contribution is 5.90. The van der Waals surface area contributed by atoms with Gasteiger partial charge in [0.2, 0.25) is 0 Å². The Morgan fingerprint density at radius 3 is 2.19 bits per heavy atom. The van der Waals surface area contributed by atoms with E-state index in [1.165, 1.54) is 11.1 Å². The average Bonchev–Trinajstić information content (AvgIpc) is 3.32. The lowest BCUT2D eigenvalue weighted by Gasteiger charge is -2.18. The number of nitrogens with zero attached hydrogens (tertiary/aromatic N) is 1. The summed E-state index contributed by atoms with van der Waals surface area (Å²) >= 11 is 0. The molecule has 0 spiro atoms. The van der Waals surface area contributed by atoms with Gasteiger partial charge in [-0.3, -0.25) is 0 Å². The van der Waals surface area contributed by atoms with Crippen LogP contribution in [0.25, 0.3) is 22.0 Å². The molecule has 0 fully saturated rings. The van der Waals surface area contributed by atoms with Gasteiger partial charge in [0.1, 0.15) is 6.10 Å². The molecule has 2 N–H and O–H groups in total. The number of fused-ring (bicyclic) bond motifs is 2. The molecule has 2 aliphatic carbocycles. The minimum atomic E-state index is -0.192. The van der Waals surface area contributed by atoms with Crippen molar-refractivity contribution in [1.82, 2.24) is 4.98 Å². The average molecular weight is 354 g/mol. The zero-order chi connectivity index (χ0) is 18.6. The van der Waals surface area contributed by atoms with Crippen LogP contribution in [0.2, 0.25) is 0 Å². The van der Waals surface area contributed by atoms with Gasteiger partial charge in [-0.2, -0.15) is 0 Å². The van der Waals surface area contributed by atoms with Crippen LogP contribution in [0.4, 0.5) is 5.69 Å². The molecular weight excluding hydrogens is 332 g/mol. The van der Waals surface area contributed by atoms with Crippen LogP contribution in [0.3, 0.4) is 0 Å². The van der Waals surface area contributed by atoms with E-state index in [2.05, 4.69) is 24.3 Å². The number of benzene rings is 3. The highest BCUT2D eigenvalue weighted by atomic mass is 16.5. The normalized spacial score (nSPS) is 12.2. The lowest BCUT2D eigenvalue weighted by atomic mass is 10.0. The van der Waals surface area contributed by atoms with Crippen LogP contribution in [0, 0.1) is 0 Å². The van der Waals surface area contributed by atoms with Gasteiger partial charge >= 0.3 is 0 Å². The Morgan fingerprint density at radius 2 is 1.56 bits per heavy atom. The van der Waals surface area contributed by atoms with E-state index in [1.54, 1.807) is 0 Å². The Bertz CT molecular complexity index is 1040. The summed E-state index contributed by atoms with van der Waals surface area (Å²) in [5.74, 6) is 0. The topological polar surface area (TPSA) is 48.1 Å². The number of para-hydroxylation sites is 1. The molecule has 2 aliphatic rings. The predicted octanol–water partition coefficient (Wildman–Crippen LogP) is 5.61. The van der Waals surface area contributed by atoms with Crippen LogP contribution >= 0.6 is 0 Å². The summed E-state index contributed by atoms with van der Waals surface area (Å²) in [6.45, 7) is 2.61. The number of anilines is 1. The van der Waals surface area contributed by atoms with Crippen LogP contribution in [0.1, 0.15) is 24.3 Å². The van der Waals surface area contributed by atoms with Crippen LogP contribution in [-0.2, 0) is 4.74 Å². The molecule has 0 aliphatic heterocycles. The summed E-state index contributed by atoms with van der Waals surface area (Å²) in [4.78, 5) is 4.73. The van der Waals surface area contributed by atoms with E-state index < -0.39 is 0 Å². The van der Waals surface area contributed by atoms with E-state index >= 15 is 0 Å². The van der Waals surface area contributed by atoms with Gasteiger partial charge in [-0.25, -0.2) is 4.98 Å². The number of aromatic nitrogens is 1. The second kappa shape index (κ2) is 7.60. The van der Waals surface area contributed by atoms with Gasteiger partial charge in [0, 0.05) is 17.7 Å². The zero-order valence-electron chi connectivity index (χ0n) is 15.3. The molecule has 0 amide bonds. The number of hydrogen-bond donors (Lipinski definition) is 1. The van der Waals surface area contributed by atoms with Crippen LogP contribution in [-0.4, -0.2) is 11.6 Å². The largest absolute Gasteiger partial charge is 0.398 e. The lowest BCUT2D eigenvalue weighted by Crippen LogP contribution is -2.09. The number of nitrogen functional groups attached to an aromatic ring is 1. The molecule has 1 atom stereocenters. The first-order valence-corrected chi connectivity index (χ1v) is 9.18. The fourth-order valence-corrected chi connectivity index (χ4v) is 3.18. The quantitative estimate of drug-likeness (QED) is 0.456. The highest BCUT2D eigenvalue weighted by Gasteiger charge is 2.17. The summed E-state index contributed by atoms with van der Waals surface area (Å²) in [5, 5.41) is 0.976. The highest BCUT2D eigenvalue weighted by Crippen LogP contribution is 2.32. The maximum absolute atomic E-state index is 6.17. The second-order valence-electron chi connectivity index (χ2n) is 6.48. The van der Waals surface area contributed by atoms with Crippen molar-refractivity contribution in [1.29, 1.82) is 0 Å². The maximum Gasteiger partial charge on any atom is 0.125 e. The molecule has 1 aromatic heterocycles. The molecule has 0 saturated carbocycles. The predicted molar refractivity (Wildman–Crippen MR) is 112 cm³/mol. The lowest BCUT2D eigenvalue weighted by molar-refractivity contribution is 0.0886. The molecule has 1 heterocycles. The monoisotopic (exact) mass is 354 g/mol. The third-order valence-corrected chi connectivity index (χ3v) is 4.58. The Kier molecular flexibility index (Phi) is 4.86. The molecule has 134 valence electrons. The Morgan fingerprint density at radius 1 is 0.852 bits per heavy atom. The molecule has 0 radical (unpaired) electrons. The van der Waals surface area contributed by atoms with Crippen LogP contribution in [0.15, 0.2) is 84.9 Å². The number of nitrogens with two attached hydrogens (primary N) is 1.